The number of benzene rings is 1. The predicted molar refractivity (Wildman–Crippen MR) is 95.1 cm³/mol. The molecule has 0 aliphatic heterocycles. The minimum atomic E-state index is -0.234. The lowest BCUT2D eigenvalue weighted by atomic mass is 10.1. The summed E-state index contributed by atoms with van der Waals surface area (Å²) in [6, 6.07) is 7.76. The van der Waals surface area contributed by atoms with Crippen molar-refractivity contribution in [3.8, 4) is 5.75 Å². The van der Waals surface area contributed by atoms with Gasteiger partial charge >= 0.3 is 0 Å². The summed E-state index contributed by atoms with van der Waals surface area (Å²) in [5.74, 6) is 1.51. The number of hydrogen-bond donors (Lipinski definition) is 1. The number of carbonyl (C=O) groups excluding carboxylic acids is 1. The summed E-state index contributed by atoms with van der Waals surface area (Å²) in [5.41, 5.74) is 4.44. The molecule has 0 saturated carbocycles. The second kappa shape index (κ2) is 9.75. The molecule has 0 saturated heterocycles. The van der Waals surface area contributed by atoms with Crippen molar-refractivity contribution >= 4 is 11.6 Å². The lowest BCUT2D eigenvalue weighted by Gasteiger charge is -2.09. The van der Waals surface area contributed by atoms with Gasteiger partial charge in [-0.1, -0.05) is 13.3 Å². The normalized spacial score (nSPS) is 14.2. The second-order valence-corrected chi connectivity index (χ2v) is 5.65. The number of hydrogen-bond acceptors (Lipinski definition) is 4. The van der Waals surface area contributed by atoms with Crippen LogP contribution in [0.25, 0.3) is 0 Å². The van der Waals surface area contributed by atoms with Crippen LogP contribution in [0, 0.1) is 0 Å². The minimum Gasteiger partial charge on any atom is -0.494 e. The van der Waals surface area contributed by atoms with E-state index in [1.807, 2.05) is 37.3 Å². The van der Waals surface area contributed by atoms with Gasteiger partial charge in [0.05, 0.1) is 18.1 Å². The zero-order chi connectivity index (χ0) is 17.2. The van der Waals surface area contributed by atoms with Crippen LogP contribution in [0.2, 0.25) is 0 Å². The Morgan fingerprint density at radius 2 is 2.00 bits per heavy atom. The zero-order valence-corrected chi connectivity index (χ0v) is 14.5. The van der Waals surface area contributed by atoms with Crippen molar-refractivity contribution < 1.29 is 14.3 Å². The third-order valence-electron chi connectivity index (χ3n) is 3.69. The van der Waals surface area contributed by atoms with Gasteiger partial charge in [0.15, 0.2) is 6.61 Å². The van der Waals surface area contributed by atoms with Gasteiger partial charge in [-0.2, -0.15) is 5.10 Å². The smallest absolute Gasteiger partial charge is 0.277 e. The molecule has 0 spiro atoms. The third kappa shape index (κ3) is 5.72. The monoisotopic (exact) mass is 330 g/mol. The van der Waals surface area contributed by atoms with Crippen molar-refractivity contribution in [1.82, 2.24) is 5.43 Å². The highest BCUT2D eigenvalue weighted by atomic mass is 16.5. The van der Waals surface area contributed by atoms with Crippen LogP contribution in [0.4, 0.5) is 0 Å². The summed E-state index contributed by atoms with van der Waals surface area (Å²) in [6.07, 6.45) is 6.84. The largest absolute Gasteiger partial charge is 0.494 e. The highest BCUT2D eigenvalue weighted by Crippen LogP contribution is 2.18. The average Bonchev–Trinajstić information content (AvgIpc) is 3.11. The molecular weight excluding hydrogens is 304 g/mol. The quantitative estimate of drug-likeness (QED) is 0.553. The Kier molecular flexibility index (Phi) is 7.33. The first kappa shape index (κ1) is 18.0. The second-order valence-electron chi connectivity index (χ2n) is 5.65. The van der Waals surface area contributed by atoms with Gasteiger partial charge in [-0.15, -0.1) is 0 Å². The maximum absolute atomic E-state index is 11.9. The molecule has 0 heterocycles. The molecule has 1 aromatic carbocycles. The molecule has 1 amide bonds. The van der Waals surface area contributed by atoms with Crippen LogP contribution < -0.4 is 10.2 Å². The Hall–Kier alpha value is -2.30. The van der Waals surface area contributed by atoms with E-state index in [4.69, 9.17) is 9.47 Å². The molecule has 0 radical (unpaired) electrons. The van der Waals surface area contributed by atoms with Crippen LogP contribution in [0.5, 0.6) is 5.75 Å². The molecule has 0 bridgehead atoms. The summed E-state index contributed by atoms with van der Waals surface area (Å²) in [6.45, 7) is 4.69. The fourth-order valence-corrected chi connectivity index (χ4v) is 2.50. The fourth-order valence-electron chi connectivity index (χ4n) is 2.50. The van der Waals surface area contributed by atoms with E-state index in [1.165, 1.54) is 0 Å². The van der Waals surface area contributed by atoms with Gasteiger partial charge in [-0.05, 0) is 62.1 Å². The Bertz CT molecular complexity index is 591. The number of carbonyl (C=O) groups is 1. The molecular formula is C19H26N2O3. The highest BCUT2D eigenvalue weighted by molar-refractivity contribution is 6.01. The van der Waals surface area contributed by atoms with Gasteiger partial charge in [-0.25, -0.2) is 5.43 Å². The Balaban J connectivity index is 1.92. The van der Waals surface area contributed by atoms with Gasteiger partial charge in [0.1, 0.15) is 5.75 Å². The molecule has 0 atom stereocenters. The van der Waals surface area contributed by atoms with Crippen LogP contribution in [0.3, 0.4) is 0 Å². The SMILES string of the molecule is CCC/C(=N/NC(=O)COC1=CCCC1)c1ccc(OCC)cc1. The molecule has 0 fully saturated rings. The number of amides is 1. The van der Waals surface area contributed by atoms with Gasteiger partial charge in [-0.3, -0.25) is 4.79 Å². The van der Waals surface area contributed by atoms with Crippen molar-refractivity contribution in [2.75, 3.05) is 13.2 Å². The highest BCUT2D eigenvalue weighted by Gasteiger charge is 2.09. The third-order valence-corrected chi connectivity index (χ3v) is 3.69. The number of nitrogens with zero attached hydrogens (tertiary/aromatic N) is 1. The maximum Gasteiger partial charge on any atom is 0.277 e. The molecule has 130 valence electrons. The van der Waals surface area contributed by atoms with E-state index in [9.17, 15) is 4.79 Å². The molecule has 5 heteroatoms. The van der Waals surface area contributed by atoms with E-state index in [1.54, 1.807) is 0 Å². The van der Waals surface area contributed by atoms with Crippen molar-refractivity contribution in [1.29, 1.82) is 0 Å². The van der Waals surface area contributed by atoms with Crippen molar-refractivity contribution in [2.45, 2.75) is 46.0 Å². The number of hydrazone groups is 1. The molecule has 5 nitrogen and oxygen atoms in total. The van der Waals surface area contributed by atoms with Gasteiger partial charge in [0.2, 0.25) is 0 Å². The number of nitrogens with one attached hydrogen (secondary N) is 1. The van der Waals surface area contributed by atoms with Crippen LogP contribution in [0.15, 0.2) is 41.2 Å². The van der Waals surface area contributed by atoms with E-state index in [0.717, 1.165) is 54.9 Å². The molecule has 1 aliphatic carbocycles. The maximum atomic E-state index is 11.9. The zero-order valence-electron chi connectivity index (χ0n) is 14.5. The Morgan fingerprint density at radius 1 is 1.21 bits per heavy atom. The van der Waals surface area contributed by atoms with E-state index >= 15 is 0 Å². The van der Waals surface area contributed by atoms with Crippen LogP contribution in [-0.4, -0.2) is 24.8 Å². The molecule has 0 unspecified atom stereocenters. The van der Waals surface area contributed by atoms with E-state index in [-0.39, 0.29) is 12.5 Å². The fraction of sp³-hybridized carbons (Fsp3) is 0.474. The first-order valence-corrected chi connectivity index (χ1v) is 8.63. The predicted octanol–water partition coefficient (Wildman–Crippen LogP) is 3.79. The number of rotatable bonds is 9. The Morgan fingerprint density at radius 3 is 2.62 bits per heavy atom. The Labute approximate surface area is 143 Å². The van der Waals surface area contributed by atoms with Crippen molar-refractivity contribution in [3.63, 3.8) is 0 Å². The lowest BCUT2D eigenvalue weighted by Crippen LogP contribution is -2.24. The van der Waals surface area contributed by atoms with Crippen LogP contribution in [-0.2, 0) is 9.53 Å². The van der Waals surface area contributed by atoms with E-state index < -0.39 is 0 Å². The van der Waals surface area contributed by atoms with Gasteiger partial charge in [0.25, 0.3) is 5.91 Å². The minimum absolute atomic E-state index is 0.0119. The van der Waals surface area contributed by atoms with Gasteiger partial charge < -0.3 is 9.47 Å². The summed E-state index contributed by atoms with van der Waals surface area (Å²) in [4.78, 5) is 11.9. The first-order chi connectivity index (χ1) is 11.7. The average molecular weight is 330 g/mol. The van der Waals surface area contributed by atoms with Crippen LogP contribution >= 0.6 is 0 Å². The van der Waals surface area contributed by atoms with E-state index in [2.05, 4.69) is 17.5 Å². The molecule has 1 aliphatic rings. The summed E-state index contributed by atoms with van der Waals surface area (Å²) >= 11 is 0. The van der Waals surface area contributed by atoms with Crippen molar-refractivity contribution in [2.24, 2.45) is 5.10 Å². The standard InChI is InChI=1S/C19H26N2O3/c1-3-7-18(15-10-12-17(13-11-15)23-4-2)20-21-19(22)14-24-16-8-5-6-9-16/h8,10-13H,3-7,9,14H2,1-2H3,(H,21,22)/b20-18-. The first-order valence-electron chi connectivity index (χ1n) is 8.63. The van der Waals surface area contributed by atoms with Gasteiger partial charge in [0, 0.05) is 6.42 Å². The number of allylic oxidation sites excluding steroid dienone is 2. The summed E-state index contributed by atoms with van der Waals surface area (Å²) in [7, 11) is 0. The molecule has 1 aromatic rings. The van der Waals surface area contributed by atoms with Crippen molar-refractivity contribution in [3.05, 3.63) is 41.7 Å². The van der Waals surface area contributed by atoms with Crippen LogP contribution in [0.1, 0.15) is 51.5 Å². The van der Waals surface area contributed by atoms with E-state index in [0.29, 0.717) is 6.61 Å². The molecule has 0 aromatic heterocycles. The molecule has 1 N–H and O–H groups in total. The topological polar surface area (TPSA) is 59.9 Å². The summed E-state index contributed by atoms with van der Waals surface area (Å²) < 4.78 is 10.9. The number of ether oxygens (including phenoxy) is 2. The lowest BCUT2D eigenvalue weighted by molar-refractivity contribution is -0.124. The molecule has 24 heavy (non-hydrogen) atoms. The molecule has 2 rings (SSSR count). The summed E-state index contributed by atoms with van der Waals surface area (Å²) in [5, 5.41) is 4.28.